The Balaban J connectivity index is 2.74. The van der Waals surface area contributed by atoms with Gasteiger partial charge >= 0.3 is 0 Å². The number of rotatable bonds is 3. The lowest BCUT2D eigenvalue weighted by Gasteiger charge is -2.10. The van der Waals surface area contributed by atoms with Gasteiger partial charge in [-0.05, 0) is 30.5 Å². The molecule has 0 radical (unpaired) electrons. The predicted molar refractivity (Wildman–Crippen MR) is 44.1 cm³/mol. The molecule has 2 N–H and O–H groups in total. The lowest BCUT2D eigenvalue weighted by molar-refractivity contribution is 0.668. The van der Waals surface area contributed by atoms with E-state index in [0.717, 1.165) is 6.42 Å². The fraction of sp³-hybridized carbons (Fsp3) is 0.500. The minimum absolute atomic E-state index is 0.436. The molecule has 3 heteroatoms. The van der Waals surface area contributed by atoms with Gasteiger partial charge in [0.15, 0.2) is 0 Å². The molecule has 0 aliphatic heterocycles. The van der Waals surface area contributed by atoms with E-state index in [1.807, 2.05) is 6.07 Å². The van der Waals surface area contributed by atoms with Crippen LogP contribution in [-0.4, -0.2) is 16.7 Å². The summed E-state index contributed by atoms with van der Waals surface area (Å²) in [7, 11) is 0. The average Bonchev–Trinajstić information content (AvgIpc) is 2.09. The Morgan fingerprint density at radius 1 is 1.55 bits per heavy atom. The monoisotopic (exact) mass is 151 g/mol. The molecule has 11 heavy (non-hydrogen) atoms. The Morgan fingerprint density at radius 3 is 2.82 bits per heavy atom. The SMILES string of the molecule is CCC(CN)c1ccnnc1. The predicted octanol–water partition coefficient (Wildman–Crippen LogP) is 0.929. The Kier molecular flexibility index (Phi) is 2.98. The summed E-state index contributed by atoms with van der Waals surface area (Å²) in [5.74, 6) is 0.436. The maximum Gasteiger partial charge on any atom is 0.0531 e. The van der Waals surface area contributed by atoms with Gasteiger partial charge in [-0.3, -0.25) is 0 Å². The van der Waals surface area contributed by atoms with Crippen LogP contribution in [0.15, 0.2) is 18.5 Å². The molecule has 1 rings (SSSR count). The molecular formula is C8H13N3. The van der Waals surface area contributed by atoms with Crippen molar-refractivity contribution in [3.63, 3.8) is 0 Å². The van der Waals surface area contributed by atoms with Crippen LogP contribution in [0.2, 0.25) is 0 Å². The molecule has 1 aromatic heterocycles. The molecule has 0 amide bonds. The van der Waals surface area contributed by atoms with Crippen LogP contribution in [0.1, 0.15) is 24.8 Å². The van der Waals surface area contributed by atoms with Crippen molar-refractivity contribution >= 4 is 0 Å². The first-order valence-corrected chi connectivity index (χ1v) is 3.85. The van der Waals surface area contributed by atoms with Crippen LogP contribution in [0.3, 0.4) is 0 Å². The van der Waals surface area contributed by atoms with E-state index in [2.05, 4.69) is 17.1 Å². The summed E-state index contributed by atoms with van der Waals surface area (Å²) in [4.78, 5) is 0. The van der Waals surface area contributed by atoms with E-state index in [1.54, 1.807) is 12.4 Å². The molecule has 0 saturated carbocycles. The smallest absolute Gasteiger partial charge is 0.0531 e. The van der Waals surface area contributed by atoms with Gasteiger partial charge < -0.3 is 5.73 Å². The third kappa shape index (κ3) is 1.98. The second-order valence-electron chi connectivity index (χ2n) is 2.52. The zero-order valence-corrected chi connectivity index (χ0v) is 6.70. The van der Waals surface area contributed by atoms with Crippen molar-refractivity contribution in [2.75, 3.05) is 6.54 Å². The molecule has 3 nitrogen and oxygen atoms in total. The first-order chi connectivity index (χ1) is 5.38. The molecule has 0 aromatic carbocycles. The van der Waals surface area contributed by atoms with Crippen molar-refractivity contribution in [2.24, 2.45) is 5.73 Å². The Hall–Kier alpha value is -0.960. The van der Waals surface area contributed by atoms with E-state index >= 15 is 0 Å². The average molecular weight is 151 g/mol. The highest BCUT2D eigenvalue weighted by Gasteiger charge is 2.05. The van der Waals surface area contributed by atoms with Crippen LogP contribution in [0.5, 0.6) is 0 Å². The molecule has 0 aliphatic rings. The number of hydrogen-bond acceptors (Lipinski definition) is 3. The van der Waals surface area contributed by atoms with Gasteiger partial charge in [0.05, 0.1) is 6.20 Å². The number of nitrogens with zero attached hydrogens (tertiary/aromatic N) is 2. The summed E-state index contributed by atoms with van der Waals surface area (Å²) in [6, 6.07) is 1.97. The molecule has 1 atom stereocenters. The third-order valence-corrected chi connectivity index (χ3v) is 1.86. The highest BCUT2D eigenvalue weighted by molar-refractivity contribution is 5.12. The molecular weight excluding hydrogens is 138 g/mol. The molecule has 0 spiro atoms. The van der Waals surface area contributed by atoms with Crippen molar-refractivity contribution in [1.82, 2.24) is 10.2 Å². The van der Waals surface area contributed by atoms with Gasteiger partial charge in [-0.15, -0.1) is 0 Å². The summed E-state index contributed by atoms with van der Waals surface area (Å²) in [6.07, 6.45) is 4.54. The van der Waals surface area contributed by atoms with Crippen LogP contribution >= 0.6 is 0 Å². The summed E-state index contributed by atoms with van der Waals surface area (Å²) in [5.41, 5.74) is 6.75. The fourth-order valence-electron chi connectivity index (χ4n) is 1.08. The number of nitrogens with two attached hydrogens (primary N) is 1. The number of hydrogen-bond donors (Lipinski definition) is 1. The lowest BCUT2D eigenvalue weighted by atomic mass is 9.99. The van der Waals surface area contributed by atoms with Gasteiger partial charge in [-0.1, -0.05) is 6.92 Å². The second-order valence-corrected chi connectivity index (χ2v) is 2.52. The minimum atomic E-state index is 0.436. The maximum atomic E-state index is 5.57. The van der Waals surface area contributed by atoms with E-state index in [-0.39, 0.29) is 0 Å². The summed E-state index contributed by atoms with van der Waals surface area (Å²) >= 11 is 0. The van der Waals surface area contributed by atoms with Gasteiger partial charge in [0.1, 0.15) is 0 Å². The minimum Gasteiger partial charge on any atom is -0.330 e. The highest BCUT2D eigenvalue weighted by Crippen LogP contribution is 2.15. The second kappa shape index (κ2) is 4.03. The fourth-order valence-corrected chi connectivity index (χ4v) is 1.08. The molecule has 0 aliphatic carbocycles. The normalized spacial score (nSPS) is 12.9. The van der Waals surface area contributed by atoms with Gasteiger partial charge in [0.25, 0.3) is 0 Å². The molecule has 1 heterocycles. The molecule has 1 aromatic rings. The molecule has 60 valence electrons. The summed E-state index contributed by atoms with van der Waals surface area (Å²) in [6.45, 7) is 2.81. The first-order valence-electron chi connectivity index (χ1n) is 3.85. The topological polar surface area (TPSA) is 51.8 Å². The third-order valence-electron chi connectivity index (χ3n) is 1.86. The van der Waals surface area contributed by atoms with E-state index in [1.165, 1.54) is 5.56 Å². The maximum absolute atomic E-state index is 5.57. The Morgan fingerprint density at radius 2 is 2.36 bits per heavy atom. The first kappa shape index (κ1) is 8.14. The quantitative estimate of drug-likeness (QED) is 0.699. The van der Waals surface area contributed by atoms with Crippen molar-refractivity contribution in [3.05, 3.63) is 24.0 Å². The molecule has 0 saturated heterocycles. The zero-order chi connectivity index (χ0) is 8.10. The van der Waals surface area contributed by atoms with E-state index in [9.17, 15) is 0 Å². The standard InChI is InChI=1S/C8H13N3/c1-2-7(5-9)8-3-4-10-11-6-8/h3-4,6-7H,2,5,9H2,1H3. The van der Waals surface area contributed by atoms with Crippen LogP contribution in [0.25, 0.3) is 0 Å². The van der Waals surface area contributed by atoms with Gasteiger partial charge in [-0.2, -0.15) is 10.2 Å². The van der Waals surface area contributed by atoms with E-state index in [0.29, 0.717) is 12.5 Å². The van der Waals surface area contributed by atoms with Crippen LogP contribution < -0.4 is 5.73 Å². The van der Waals surface area contributed by atoms with Gasteiger partial charge in [-0.25, -0.2) is 0 Å². The van der Waals surface area contributed by atoms with Crippen molar-refractivity contribution in [2.45, 2.75) is 19.3 Å². The molecule has 0 fully saturated rings. The van der Waals surface area contributed by atoms with Gasteiger partial charge in [0, 0.05) is 6.20 Å². The van der Waals surface area contributed by atoms with Crippen LogP contribution in [0.4, 0.5) is 0 Å². The highest BCUT2D eigenvalue weighted by atomic mass is 15.1. The van der Waals surface area contributed by atoms with E-state index < -0.39 is 0 Å². The summed E-state index contributed by atoms with van der Waals surface area (Å²) < 4.78 is 0. The summed E-state index contributed by atoms with van der Waals surface area (Å²) in [5, 5.41) is 7.50. The van der Waals surface area contributed by atoms with Crippen LogP contribution in [-0.2, 0) is 0 Å². The van der Waals surface area contributed by atoms with Crippen LogP contribution in [0, 0.1) is 0 Å². The lowest BCUT2D eigenvalue weighted by Crippen LogP contribution is -2.11. The van der Waals surface area contributed by atoms with Crippen molar-refractivity contribution < 1.29 is 0 Å². The largest absolute Gasteiger partial charge is 0.330 e. The number of aromatic nitrogens is 2. The molecule has 1 unspecified atom stereocenters. The molecule has 0 bridgehead atoms. The Labute approximate surface area is 66.6 Å². The van der Waals surface area contributed by atoms with Crippen molar-refractivity contribution in [1.29, 1.82) is 0 Å². The Bertz CT molecular complexity index is 194. The van der Waals surface area contributed by atoms with E-state index in [4.69, 9.17) is 5.73 Å². The zero-order valence-electron chi connectivity index (χ0n) is 6.70. The van der Waals surface area contributed by atoms with Gasteiger partial charge in [0.2, 0.25) is 0 Å². The van der Waals surface area contributed by atoms with Crippen molar-refractivity contribution in [3.8, 4) is 0 Å².